The molecule has 2 aromatic rings. The van der Waals surface area contributed by atoms with Gasteiger partial charge in [-0.1, -0.05) is 0 Å². The molecule has 0 saturated carbocycles. The van der Waals surface area contributed by atoms with E-state index < -0.39 is 0 Å². The number of hydrogen-bond donors (Lipinski definition) is 0. The first-order valence-corrected chi connectivity index (χ1v) is 19.9. The molecular weight excluding hydrogens is 543 g/mol. The Morgan fingerprint density at radius 1 is 0.462 bits per heavy atom. The third-order valence-corrected chi connectivity index (χ3v) is 17.3. The standard InChI is InChI=1S/C24H34Te2/c1-7-17-13-19(9-3)23(20(10-4)14-17)25-26-24-21(11-5)15-18(8-2)16-22(24)12-6/h13-16H,7-12H2,1-6H3. The number of hydrogen-bond acceptors (Lipinski definition) is 0. The van der Waals surface area contributed by atoms with Gasteiger partial charge in [-0.15, -0.1) is 0 Å². The summed E-state index contributed by atoms with van der Waals surface area (Å²) in [6.45, 7) is 13.9. The molecule has 0 aliphatic rings. The molecule has 2 rings (SSSR count). The minimum atomic E-state index is -0.0687. The van der Waals surface area contributed by atoms with Gasteiger partial charge < -0.3 is 0 Å². The molecule has 0 fully saturated rings. The zero-order valence-corrected chi connectivity index (χ0v) is 22.0. The molecule has 0 heterocycles. The molecule has 0 aromatic heterocycles. The second kappa shape index (κ2) is 11.1. The summed E-state index contributed by atoms with van der Waals surface area (Å²) in [6, 6.07) is 10.0. The Labute approximate surface area is 177 Å². The molecular formula is C24H34Te2. The third-order valence-electron chi connectivity index (χ3n) is 5.15. The summed E-state index contributed by atoms with van der Waals surface area (Å²) in [6.07, 6.45) is 7.12. The molecule has 0 spiro atoms. The van der Waals surface area contributed by atoms with E-state index in [-0.39, 0.29) is 34.1 Å². The summed E-state index contributed by atoms with van der Waals surface area (Å²) in [5.74, 6) is 0. The summed E-state index contributed by atoms with van der Waals surface area (Å²) < 4.78 is 3.62. The quantitative estimate of drug-likeness (QED) is 0.390. The van der Waals surface area contributed by atoms with Gasteiger partial charge in [-0.3, -0.25) is 0 Å². The van der Waals surface area contributed by atoms with E-state index in [9.17, 15) is 0 Å². The summed E-state index contributed by atoms with van der Waals surface area (Å²) in [4.78, 5) is 0. The van der Waals surface area contributed by atoms with Crippen molar-refractivity contribution in [3.63, 3.8) is 0 Å². The molecule has 0 N–H and O–H groups in total. The number of rotatable bonds is 9. The fraction of sp³-hybridized carbons (Fsp3) is 0.500. The summed E-state index contributed by atoms with van der Waals surface area (Å²) in [7, 11) is 0. The predicted octanol–water partition coefficient (Wildman–Crippen LogP) is 4.34. The van der Waals surface area contributed by atoms with Crippen molar-refractivity contribution in [2.75, 3.05) is 0 Å². The van der Waals surface area contributed by atoms with Gasteiger partial charge in [0, 0.05) is 0 Å². The SMILES string of the molecule is CCc1cc(CC)c([Te][Te]c2c(CC)cc(CC)cc2CC)c(CC)c1. The van der Waals surface area contributed by atoms with Crippen LogP contribution in [0, 0.1) is 0 Å². The molecule has 2 aromatic carbocycles. The van der Waals surface area contributed by atoms with Gasteiger partial charge in [0.1, 0.15) is 0 Å². The van der Waals surface area contributed by atoms with Gasteiger partial charge in [0.25, 0.3) is 0 Å². The Morgan fingerprint density at radius 2 is 0.731 bits per heavy atom. The fourth-order valence-corrected chi connectivity index (χ4v) is 18.8. The average molecular weight is 578 g/mol. The molecule has 26 heavy (non-hydrogen) atoms. The number of aryl methyl sites for hydroxylation is 6. The van der Waals surface area contributed by atoms with E-state index >= 15 is 0 Å². The van der Waals surface area contributed by atoms with Gasteiger partial charge in [0.2, 0.25) is 0 Å². The van der Waals surface area contributed by atoms with Crippen LogP contribution >= 0.6 is 0 Å². The van der Waals surface area contributed by atoms with Crippen molar-refractivity contribution in [1.29, 1.82) is 0 Å². The first-order chi connectivity index (χ1) is 12.6. The Morgan fingerprint density at radius 3 is 0.923 bits per heavy atom. The van der Waals surface area contributed by atoms with E-state index in [4.69, 9.17) is 0 Å². The molecule has 0 atom stereocenters. The van der Waals surface area contributed by atoms with Crippen molar-refractivity contribution in [2.45, 2.75) is 80.1 Å². The third kappa shape index (κ3) is 5.30. The van der Waals surface area contributed by atoms with Crippen molar-refractivity contribution in [3.8, 4) is 0 Å². The van der Waals surface area contributed by atoms with E-state index in [1.165, 1.54) is 36.8 Å². The van der Waals surface area contributed by atoms with E-state index in [1.54, 1.807) is 22.3 Å². The Hall–Kier alpha value is 0.0192. The monoisotopic (exact) mass is 582 g/mol. The van der Waals surface area contributed by atoms with Crippen LogP contribution in [0.4, 0.5) is 0 Å². The van der Waals surface area contributed by atoms with Crippen molar-refractivity contribution < 1.29 is 0 Å². The van der Waals surface area contributed by atoms with Crippen molar-refractivity contribution >= 4 is 41.3 Å². The molecule has 0 saturated heterocycles. The predicted molar refractivity (Wildman–Crippen MR) is 120 cm³/mol. The minimum absolute atomic E-state index is 0.0687. The van der Waals surface area contributed by atoms with Crippen LogP contribution in [0.25, 0.3) is 0 Å². The zero-order valence-electron chi connectivity index (χ0n) is 17.4. The van der Waals surface area contributed by atoms with Crippen molar-refractivity contribution in [3.05, 3.63) is 57.6 Å². The van der Waals surface area contributed by atoms with Gasteiger partial charge in [-0.2, -0.15) is 0 Å². The molecule has 0 bridgehead atoms. The van der Waals surface area contributed by atoms with Crippen LogP contribution in [-0.2, 0) is 38.5 Å². The van der Waals surface area contributed by atoms with Crippen LogP contribution in [0.1, 0.15) is 74.9 Å². The summed E-state index contributed by atoms with van der Waals surface area (Å²) in [5.41, 5.74) is 9.72. The Kier molecular flexibility index (Phi) is 9.55. The molecule has 0 radical (unpaired) electrons. The van der Waals surface area contributed by atoms with Gasteiger partial charge >= 0.3 is 179 Å². The Bertz CT molecular complexity index is 617. The van der Waals surface area contributed by atoms with E-state index in [0.717, 1.165) is 12.8 Å². The van der Waals surface area contributed by atoms with E-state index in [0.29, 0.717) is 0 Å². The first kappa shape index (κ1) is 22.3. The van der Waals surface area contributed by atoms with Crippen molar-refractivity contribution in [2.24, 2.45) is 0 Å². The molecule has 0 amide bonds. The second-order valence-corrected chi connectivity index (χ2v) is 16.4. The molecule has 2 heteroatoms. The molecule has 0 nitrogen and oxygen atoms in total. The molecule has 0 aliphatic carbocycles. The van der Waals surface area contributed by atoms with Gasteiger partial charge in [0.15, 0.2) is 0 Å². The van der Waals surface area contributed by atoms with Gasteiger partial charge in [-0.25, -0.2) is 0 Å². The summed E-state index contributed by atoms with van der Waals surface area (Å²) in [5, 5.41) is 0. The maximum absolute atomic E-state index is 2.51. The van der Waals surface area contributed by atoms with Crippen LogP contribution in [-0.4, -0.2) is 34.1 Å². The van der Waals surface area contributed by atoms with E-state index in [1.807, 2.05) is 7.22 Å². The maximum atomic E-state index is 2.51. The van der Waals surface area contributed by atoms with Crippen LogP contribution in [0.15, 0.2) is 24.3 Å². The first-order valence-electron chi connectivity index (χ1n) is 10.2. The van der Waals surface area contributed by atoms with Crippen LogP contribution < -0.4 is 7.22 Å². The second-order valence-electron chi connectivity index (χ2n) is 6.77. The molecule has 0 aliphatic heterocycles. The molecule has 142 valence electrons. The summed E-state index contributed by atoms with van der Waals surface area (Å²) >= 11 is -0.137. The number of benzene rings is 2. The topological polar surface area (TPSA) is 0 Å². The molecule has 0 unspecified atom stereocenters. The van der Waals surface area contributed by atoms with Crippen LogP contribution in [0.3, 0.4) is 0 Å². The van der Waals surface area contributed by atoms with Crippen LogP contribution in [0.2, 0.25) is 0 Å². The normalized spacial score (nSPS) is 11.2. The van der Waals surface area contributed by atoms with Gasteiger partial charge in [-0.05, 0) is 0 Å². The fourth-order valence-electron chi connectivity index (χ4n) is 3.41. The van der Waals surface area contributed by atoms with Crippen LogP contribution in [0.5, 0.6) is 0 Å². The van der Waals surface area contributed by atoms with Gasteiger partial charge in [0.05, 0.1) is 0 Å². The zero-order chi connectivity index (χ0) is 19.1. The average Bonchev–Trinajstić information content (AvgIpc) is 2.70. The van der Waals surface area contributed by atoms with Crippen molar-refractivity contribution in [1.82, 2.24) is 0 Å². The van der Waals surface area contributed by atoms with E-state index in [2.05, 4.69) is 65.8 Å². The Balaban J connectivity index is 2.40.